The number of pyridine rings is 1. The molecule has 3 nitrogen and oxygen atoms in total. The molecular formula is C13H10F2N2O. The minimum Gasteiger partial charge on any atom is -0.346 e. The minimum atomic E-state index is -0.705. The second-order valence-corrected chi connectivity index (χ2v) is 3.61. The number of aromatic nitrogens is 1. The fraction of sp³-hybridized carbons (Fsp3) is 0.0769. The van der Waals surface area contributed by atoms with E-state index in [1.54, 1.807) is 18.2 Å². The lowest BCUT2D eigenvalue weighted by Crippen LogP contribution is -2.25. The molecular weight excluding hydrogens is 238 g/mol. The molecule has 1 N–H and O–H groups in total. The van der Waals surface area contributed by atoms with Crippen molar-refractivity contribution in [2.75, 3.05) is 0 Å². The van der Waals surface area contributed by atoms with Crippen LogP contribution in [0.5, 0.6) is 0 Å². The Morgan fingerprint density at radius 3 is 2.56 bits per heavy atom. The molecule has 1 heterocycles. The second kappa shape index (κ2) is 5.35. The SMILES string of the molecule is O=C(NCc1ccccc1F)c1ncccc1F. The van der Waals surface area contributed by atoms with Crippen molar-refractivity contribution in [3.63, 3.8) is 0 Å². The van der Waals surface area contributed by atoms with Crippen LogP contribution in [0.2, 0.25) is 0 Å². The molecule has 1 aromatic carbocycles. The van der Waals surface area contributed by atoms with Gasteiger partial charge in [-0.2, -0.15) is 0 Å². The van der Waals surface area contributed by atoms with Gasteiger partial charge in [-0.15, -0.1) is 0 Å². The number of nitrogens with zero attached hydrogens (tertiary/aromatic N) is 1. The summed E-state index contributed by atoms with van der Waals surface area (Å²) in [5.41, 5.74) is 0.0380. The van der Waals surface area contributed by atoms with E-state index in [0.29, 0.717) is 5.56 Å². The van der Waals surface area contributed by atoms with Crippen LogP contribution in [0.3, 0.4) is 0 Å². The van der Waals surface area contributed by atoms with Crippen molar-refractivity contribution in [2.24, 2.45) is 0 Å². The molecule has 0 spiro atoms. The van der Waals surface area contributed by atoms with Gasteiger partial charge < -0.3 is 5.32 Å². The summed E-state index contributed by atoms with van der Waals surface area (Å²) in [5, 5.41) is 2.42. The Labute approximate surface area is 102 Å². The maximum Gasteiger partial charge on any atom is 0.273 e. The Balaban J connectivity index is 2.06. The van der Waals surface area contributed by atoms with Crippen molar-refractivity contribution in [3.8, 4) is 0 Å². The van der Waals surface area contributed by atoms with Crippen LogP contribution in [0.25, 0.3) is 0 Å². The van der Waals surface area contributed by atoms with E-state index in [4.69, 9.17) is 0 Å². The van der Waals surface area contributed by atoms with Gasteiger partial charge in [0.1, 0.15) is 5.82 Å². The van der Waals surface area contributed by atoms with Crippen LogP contribution in [0, 0.1) is 11.6 Å². The first-order valence-electron chi connectivity index (χ1n) is 5.30. The van der Waals surface area contributed by atoms with Gasteiger partial charge in [0.05, 0.1) is 0 Å². The molecule has 0 aliphatic carbocycles. The third-order valence-electron chi connectivity index (χ3n) is 2.37. The van der Waals surface area contributed by atoms with Crippen molar-refractivity contribution in [1.82, 2.24) is 10.3 Å². The first-order valence-corrected chi connectivity index (χ1v) is 5.30. The minimum absolute atomic E-state index is 0.0124. The van der Waals surface area contributed by atoms with Crippen molar-refractivity contribution >= 4 is 5.91 Å². The molecule has 18 heavy (non-hydrogen) atoms. The average molecular weight is 248 g/mol. The van der Waals surface area contributed by atoms with Crippen molar-refractivity contribution in [1.29, 1.82) is 0 Å². The topological polar surface area (TPSA) is 42.0 Å². The van der Waals surface area contributed by atoms with Crippen LogP contribution < -0.4 is 5.32 Å². The molecule has 0 saturated heterocycles. The molecule has 0 radical (unpaired) electrons. The Morgan fingerprint density at radius 2 is 1.83 bits per heavy atom. The fourth-order valence-electron chi connectivity index (χ4n) is 1.45. The molecule has 1 amide bonds. The summed E-state index contributed by atoms with van der Waals surface area (Å²) in [6, 6.07) is 8.59. The summed E-state index contributed by atoms with van der Waals surface area (Å²) in [6.45, 7) is -0.0124. The number of carbonyl (C=O) groups excluding carboxylic acids is 1. The van der Waals surface area contributed by atoms with E-state index in [2.05, 4.69) is 10.3 Å². The third-order valence-corrected chi connectivity index (χ3v) is 2.37. The highest BCUT2D eigenvalue weighted by Gasteiger charge is 2.12. The molecule has 2 aromatic rings. The van der Waals surface area contributed by atoms with E-state index in [-0.39, 0.29) is 12.2 Å². The average Bonchev–Trinajstić information content (AvgIpc) is 2.38. The number of hydrogen-bond donors (Lipinski definition) is 1. The van der Waals surface area contributed by atoms with E-state index >= 15 is 0 Å². The maximum atomic E-state index is 13.3. The molecule has 92 valence electrons. The lowest BCUT2D eigenvalue weighted by Gasteiger charge is -2.06. The van der Waals surface area contributed by atoms with Crippen molar-refractivity contribution in [3.05, 3.63) is 65.5 Å². The van der Waals surface area contributed by atoms with E-state index in [1.165, 1.54) is 18.3 Å². The summed E-state index contributed by atoms with van der Waals surface area (Å²) in [5.74, 6) is -1.79. The number of amides is 1. The first kappa shape index (κ1) is 12.2. The molecule has 0 bridgehead atoms. The van der Waals surface area contributed by atoms with Gasteiger partial charge >= 0.3 is 0 Å². The first-order chi connectivity index (χ1) is 8.68. The lowest BCUT2D eigenvalue weighted by atomic mass is 10.2. The van der Waals surface area contributed by atoms with Gasteiger partial charge in [-0.05, 0) is 18.2 Å². The van der Waals surface area contributed by atoms with Crippen LogP contribution in [0.15, 0.2) is 42.6 Å². The predicted molar refractivity (Wildman–Crippen MR) is 61.8 cm³/mol. The summed E-state index contributed by atoms with van der Waals surface area (Å²) < 4.78 is 26.5. The number of benzene rings is 1. The predicted octanol–water partition coefficient (Wildman–Crippen LogP) is 2.29. The van der Waals surface area contributed by atoms with Crippen LogP contribution in [-0.4, -0.2) is 10.9 Å². The Hall–Kier alpha value is -2.30. The zero-order chi connectivity index (χ0) is 13.0. The van der Waals surface area contributed by atoms with E-state index < -0.39 is 17.5 Å². The standard InChI is InChI=1S/C13H10F2N2O/c14-10-5-2-1-4-9(10)8-17-13(18)12-11(15)6-3-7-16-12/h1-7H,8H2,(H,17,18). The van der Waals surface area contributed by atoms with Crippen LogP contribution in [0.4, 0.5) is 8.78 Å². The highest BCUT2D eigenvalue weighted by molar-refractivity contribution is 5.92. The summed E-state index contributed by atoms with van der Waals surface area (Å²) in [7, 11) is 0. The van der Waals surface area contributed by atoms with Gasteiger partial charge in [0, 0.05) is 18.3 Å². The lowest BCUT2D eigenvalue weighted by molar-refractivity contribution is 0.0941. The zero-order valence-electron chi connectivity index (χ0n) is 9.36. The number of carbonyl (C=O) groups is 1. The molecule has 0 saturated carbocycles. The van der Waals surface area contributed by atoms with E-state index in [0.717, 1.165) is 6.07 Å². The Bertz CT molecular complexity index is 572. The summed E-state index contributed by atoms with van der Waals surface area (Å²) in [6.07, 6.45) is 1.32. The number of halogens is 2. The molecule has 0 unspecified atom stereocenters. The normalized spacial score (nSPS) is 10.1. The molecule has 5 heteroatoms. The number of nitrogens with one attached hydrogen (secondary N) is 1. The van der Waals surface area contributed by atoms with Gasteiger partial charge in [0.25, 0.3) is 5.91 Å². The van der Waals surface area contributed by atoms with Crippen molar-refractivity contribution < 1.29 is 13.6 Å². The van der Waals surface area contributed by atoms with Gasteiger partial charge in [0.15, 0.2) is 11.5 Å². The zero-order valence-corrected chi connectivity index (χ0v) is 9.36. The van der Waals surface area contributed by atoms with Gasteiger partial charge in [-0.1, -0.05) is 18.2 Å². The fourth-order valence-corrected chi connectivity index (χ4v) is 1.45. The molecule has 0 fully saturated rings. The van der Waals surface area contributed by atoms with E-state index in [9.17, 15) is 13.6 Å². The molecule has 2 rings (SSSR count). The third kappa shape index (κ3) is 2.68. The summed E-state index contributed by atoms with van der Waals surface area (Å²) >= 11 is 0. The molecule has 0 aliphatic rings. The number of rotatable bonds is 3. The van der Waals surface area contributed by atoms with Crippen LogP contribution >= 0.6 is 0 Å². The maximum absolute atomic E-state index is 13.3. The highest BCUT2D eigenvalue weighted by Crippen LogP contribution is 2.07. The molecule has 0 aliphatic heterocycles. The van der Waals surface area contributed by atoms with Gasteiger partial charge in [-0.3, -0.25) is 4.79 Å². The van der Waals surface area contributed by atoms with Gasteiger partial charge in [-0.25, -0.2) is 13.8 Å². The van der Waals surface area contributed by atoms with Crippen molar-refractivity contribution in [2.45, 2.75) is 6.54 Å². The largest absolute Gasteiger partial charge is 0.346 e. The number of hydrogen-bond acceptors (Lipinski definition) is 2. The Morgan fingerprint density at radius 1 is 1.11 bits per heavy atom. The monoisotopic (exact) mass is 248 g/mol. The quantitative estimate of drug-likeness (QED) is 0.905. The summed E-state index contributed by atoms with van der Waals surface area (Å²) in [4.78, 5) is 15.2. The highest BCUT2D eigenvalue weighted by atomic mass is 19.1. The van der Waals surface area contributed by atoms with E-state index in [1.807, 2.05) is 0 Å². The molecule has 1 aromatic heterocycles. The van der Waals surface area contributed by atoms with Crippen LogP contribution in [-0.2, 0) is 6.54 Å². The molecule has 0 atom stereocenters. The Kier molecular flexibility index (Phi) is 3.62. The second-order valence-electron chi connectivity index (χ2n) is 3.61. The smallest absolute Gasteiger partial charge is 0.273 e. The van der Waals surface area contributed by atoms with Gasteiger partial charge in [0.2, 0.25) is 0 Å². The van der Waals surface area contributed by atoms with Crippen LogP contribution in [0.1, 0.15) is 16.1 Å².